The van der Waals surface area contributed by atoms with Crippen LogP contribution in [0.25, 0.3) is 0 Å². The molecule has 5 nitrogen and oxygen atoms in total. The number of nitrogens with zero attached hydrogens (tertiary/aromatic N) is 3. The van der Waals surface area contributed by atoms with Crippen molar-refractivity contribution in [3.63, 3.8) is 0 Å². The van der Waals surface area contributed by atoms with Crippen molar-refractivity contribution in [2.45, 2.75) is 44.7 Å². The second-order valence-corrected chi connectivity index (χ2v) is 7.16. The predicted molar refractivity (Wildman–Crippen MR) is 84.2 cm³/mol. The van der Waals surface area contributed by atoms with Gasteiger partial charge in [-0.3, -0.25) is 4.79 Å². The molecular weight excluding hydrogens is 335 g/mol. The lowest BCUT2D eigenvalue weighted by Crippen LogP contribution is -2.24. The molecule has 0 spiro atoms. The van der Waals surface area contributed by atoms with E-state index in [1.54, 1.807) is 0 Å². The van der Waals surface area contributed by atoms with Gasteiger partial charge in [-0.05, 0) is 18.2 Å². The first-order valence-corrected chi connectivity index (χ1v) is 7.87. The van der Waals surface area contributed by atoms with Crippen LogP contribution in [0.5, 0.6) is 0 Å². The highest BCUT2D eigenvalue weighted by molar-refractivity contribution is 5.96. The van der Waals surface area contributed by atoms with Gasteiger partial charge in [0.2, 0.25) is 11.8 Å². The van der Waals surface area contributed by atoms with Crippen LogP contribution < -0.4 is 4.90 Å². The fourth-order valence-corrected chi connectivity index (χ4v) is 2.68. The van der Waals surface area contributed by atoms with Gasteiger partial charge < -0.3 is 9.42 Å². The van der Waals surface area contributed by atoms with Gasteiger partial charge in [0, 0.05) is 24.1 Å². The zero-order valence-corrected chi connectivity index (χ0v) is 14.1. The summed E-state index contributed by atoms with van der Waals surface area (Å²) in [5, 5.41) is 3.94. The lowest BCUT2D eigenvalue weighted by molar-refractivity contribution is -0.137. The van der Waals surface area contributed by atoms with E-state index in [4.69, 9.17) is 4.52 Å². The molecule has 2 aromatic rings. The molecule has 1 aromatic carbocycles. The number of amides is 1. The second-order valence-electron chi connectivity index (χ2n) is 7.16. The normalized spacial score (nSPS) is 18.9. The molecule has 1 saturated heterocycles. The summed E-state index contributed by atoms with van der Waals surface area (Å²) in [4.78, 5) is 18.0. The van der Waals surface area contributed by atoms with E-state index in [0.29, 0.717) is 11.7 Å². The third kappa shape index (κ3) is 3.52. The van der Waals surface area contributed by atoms with E-state index in [1.165, 1.54) is 17.0 Å². The average Bonchev–Trinajstić information content (AvgIpc) is 3.12. The maximum absolute atomic E-state index is 12.9. The summed E-state index contributed by atoms with van der Waals surface area (Å²) in [5.74, 6) is 0.283. The molecule has 0 saturated carbocycles. The van der Waals surface area contributed by atoms with E-state index in [-0.39, 0.29) is 35.9 Å². The van der Waals surface area contributed by atoms with Crippen molar-refractivity contribution in [3.05, 3.63) is 41.5 Å². The molecule has 1 unspecified atom stereocenters. The quantitative estimate of drug-likeness (QED) is 0.821. The van der Waals surface area contributed by atoms with Crippen LogP contribution in [0.4, 0.5) is 18.9 Å². The van der Waals surface area contributed by atoms with Crippen molar-refractivity contribution in [2.24, 2.45) is 0 Å². The number of hydrogen-bond donors (Lipinski definition) is 0. The zero-order chi connectivity index (χ0) is 18.4. The second kappa shape index (κ2) is 5.86. The number of alkyl halides is 3. The fourth-order valence-electron chi connectivity index (χ4n) is 2.68. The van der Waals surface area contributed by atoms with E-state index < -0.39 is 11.7 Å². The molecule has 1 atom stereocenters. The molecule has 1 amide bonds. The summed E-state index contributed by atoms with van der Waals surface area (Å²) < 4.78 is 43.9. The Kier molecular flexibility index (Phi) is 4.09. The zero-order valence-electron chi connectivity index (χ0n) is 14.1. The van der Waals surface area contributed by atoms with E-state index >= 15 is 0 Å². The highest BCUT2D eigenvalue weighted by atomic mass is 19.4. The van der Waals surface area contributed by atoms with Crippen molar-refractivity contribution in [1.82, 2.24) is 10.1 Å². The number of carbonyl (C=O) groups is 1. The Balaban J connectivity index is 1.83. The molecule has 2 heterocycles. The van der Waals surface area contributed by atoms with E-state index in [0.717, 1.165) is 12.1 Å². The minimum atomic E-state index is -4.45. The molecule has 8 heteroatoms. The number of halogens is 3. The van der Waals surface area contributed by atoms with Crippen LogP contribution in [-0.4, -0.2) is 22.6 Å². The van der Waals surface area contributed by atoms with Gasteiger partial charge in [0.1, 0.15) is 0 Å². The molecule has 1 aliphatic rings. The summed E-state index contributed by atoms with van der Waals surface area (Å²) in [6.07, 6.45) is -4.33. The van der Waals surface area contributed by atoms with Crippen LogP contribution in [-0.2, 0) is 16.4 Å². The number of benzene rings is 1. The molecule has 25 heavy (non-hydrogen) atoms. The van der Waals surface area contributed by atoms with Crippen molar-refractivity contribution in [2.75, 3.05) is 11.4 Å². The summed E-state index contributed by atoms with van der Waals surface area (Å²) >= 11 is 0. The van der Waals surface area contributed by atoms with Crippen LogP contribution in [0.3, 0.4) is 0 Å². The van der Waals surface area contributed by atoms with E-state index in [9.17, 15) is 18.0 Å². The summed E-state index contributed by atoms with van der Waals surface area (Å²) in [5.41, 5.74) is -0.850. The Labute approximate surface area is 142 Å². The lowest BCUT2D eigenvalue weighted by atomic mass is 9.96. The maximum atomic E-state index is 12.9. The van der Waals surface area contributed by atoms with Gasteiger partial charge in [-0.15, -0.1) is 0 Å². The first kappa shape index (κ1) is 17.4. The van der Waals surface area contributed by atoms with Crippen LogP contribution in [0.15, 0.2) is 28.8 Å². The Morgan fingerprint density at radius 3 is 2.56 bits per heavy atom. The molecule has 134 valence electrons. The van der Waals surface area contributed by atoms with Crippen molar-refractivity contribution in [3.8, 4) is 0 Å². The maximum Gasteiger partial charge on any atom is 0.416 e. The topological polar surface area (TPSA) is 59.2 Å². The minimum Gasteiger partial charge on any atom is -0.339 e. The van der Waals surface area contributed by atoms with E-state index in [1.807, 2.05) is 20.8 Å². The lowest BCUT2D eigenvalue weighted by Gasteiger charge is -2.18. The predicted octanol–water partition coefficient (Wildman–Crippen LogP) is 3.91. The van der Waals surface area contributed by atoms with E-state index in [2.05, 4.69) is 10.1 Å². The van der Waals surface area contributed by atoms with Gasteiger partial charge in [0.05, 0.1) is 11.5 Å². The smallest absolute Gasteiger partial charge is 0.339 e. The third-order valence-electron chi connectivity index (χ3n) is 4.07. The molecular formula is C17H18F3N3O2. The highest BCUT2D eigenvalue weighted by Gasteiger charge is 2.37. The third-order valence-corrected chi connectivity index (χ3v) is 4.07. The number of carbonyl (C=O) groups excluding carboxylic acids is 1. The molecule has 0 radical (unpaired) electrons. The number of hydrogen-bond acceptors (Lipinski definition) is 4. The van der Waals surface area contributed by atoms with Crippen molar-refractivity contribution in [1.29, 1.82) is 0 Å². The minimum absolute atomic E-state index is 0.127. The fraction of sp³-hybridized carbons (Fsp3) is 0.471. The van der Waals surface area contributed by atoms with Gasteiger partial charge in [-0.25, -0.2) is 0 Å². The molecule has 1 aromatic heterocycles. The standard InChI is InChI=1S/C17H18F3N3O2/c1-16(2,3)15-21-14(25-22-15)10-7-13(24)23(9-10)12-6-4-5-11(8-12)17(18,19)20/h4-6,8,10H,7,9H2,1-3H3. The van der Waals surface area contributed by atoms with Gasteiger partial charge >= 0.3 is 6.18 Å². The summed E-state index contributed by atoms with van der Waals surface area (Å²) in [6, 6.07) is 4.75. The van der Waals surface area contributed by atoms with Gasteiger partial charge in [0.15, 0.2) is 5.82 Å². The average molecular weight is 353 g/mol. The van der Waals surface area contributed by atoms with Crippen molar-refractivity contribution < 1.29 is 22.5 Å². The Morgan fingerprint density at radius 2 is 1.96 bits per heavy atom. The Bertz CT molecular complexity index is 793. The first-order valence-electron chi connectivity index (χ1n) is 7.87. The molecule has 0 aliphatic carbocycles. The van der Waals surface area contributed by atoms with Crippen LogP contribution in [0.2, 0.25) is 0 Å². The highest BCUT2D eigenvalue weighted by Crippen LogP contribution is 2.35. The molecule has 3 rings (SSSR count). The molecule has 1 fully saturated rings. The molecule has 0 bridgehead atoms. The van der Waals surface area contributed by atoms with Crippen LogP contribution >= 0.6 is 0 Å². The molecule has 0 N–H and O–H groups in total. The van der Waals surface area contributed by atoms with Gasteiger partial charge in [0.25, 0.3) is 0 Å². The van der Waals surface area contributed by atoms with Gasteiger partial charge in [-0.2, -0.15) is 18.2 Å². The SMILES string of the molecule is CC(C)(C)c1noc(C2CC(=O)N(c3cccc(C(F)(F)F)c3)C2)n1. The number of anilines is 1. The Morgan fingerprint density at radius 1 is 1.24 bits per heavy atom. The first-order chi connectivity index (χ1) is 11.6. The summed E-state index contributed by atoms with van der Waals surface area (Å²) in [7, 11) is 0. The number of aromatic nitrogens is 2. The Hall–Kier alpha value is -2.38. The van der Waals surface area contributed by atoms with Crippen molar-refractivity contribution >= 4 is 11.6 Å². The van der Waals surface area contributed by atoms with Crippen LogP contribution in [0, 0.1) is 0 Å². The summed E-state index contributed by atoms with van der Waals surface area (Å²) in [6.45, 7) is 6.04. The number of rotatable bonds is 2. The largest absolute Gasteiger partial charge is 0.416 e. The molecule has 1 aliphatic heterocycles. The van der Waals surface area contributed by atoms with Crippen LogP contribution in [0.1, 0.15) is 50.4 Å². The van der Waals surface area contributed by atoms with Gasteiger partial charge in [-0.1, -0.05) is 32.0 Å². The monoisotopic (exact) mass is 353 g/mol.